The molecule has 2 N–H and O–H groups in total. The van der Waals surface area contributed by atoms with E-state index in [1.165, 1.54) is 14.6 Å². The number of carbonyl (C=O) groups excluding carboxylic acids is 1. The molecule has 2 aliphatic heterocycles. The Morgan fingerprint density at radius 3 is 2.90 bits per heavy atom. The number of benzene rings is 2. The van der Waals surface area contributed by atoms with Crippen molar-refractivity contribution in [1.82, 2.24) is 10.3 Å². The highest BCUT2D eigenvalue weighted by Gasteiger charge is 2.29. The van der Waals surface area contributed by atoms with Crippen LogP contribution in [0, 0.1) is 0 Å². The maximum atomic E-state index is 12.5. The number of para-hydroxylation sites is 3. The molecule has 1 unspecified atom stereocenters. The Bertz CT molecular complexity index is 1000. The van der Waals surface area contributed by atoms with Gasteiger partial charge in [-0.2, -0.15) is 0 Å². The number of likely N-dealkylation sites (tertiary alicyclic amines) is 1. The molecule has 156 valence electrons. The summed E-state index contributed by atoms with van der Waals surface area (Å²) in [5.41, 5.74) is 1.08. The SMILES string of the molecule is O=C(C[NH+]1CCC[C@@H](c2nc3ccccc3s2)C1)NC[C@@H]1COc2ccccc2O1. The topological polar surface area (TPSA) is 64.9 Å². The monoisotopic (exact) mass is 424 g/mol. The highest BCUT2D eigenvalue weighted by atomic mass is 32.1. The Balaban J connectivity index is 1.13. The van der Waals surface area contributed by atoms with Crippen LogP contribution in [0.1, 0.15) is 23.8 Å². The second kappa shape index (κ2) is 8.62. The zero-order valence-electron chi connectivity index (χ0n) is 16.8. The van der Waals surface area contributed by atoms with Crippen molar-refractivity contribution in [3.8, 4) is 11.5 Å². The van der Waals surface area contributed by atoms with Crippen LogP contribution in [0.25, 0.3) is 10.2 Å². The molecule has 6 nitrogen and oxygen atoms in total. The van der Waals surface area contributed by atoms with Crippen LogP contribution in [0.15, 0.2) is 48.5 Å². The lowest BCUT2D eigenvalue weighted by molar-refractivity contribution is -0.898. The normalized spacial score (nSPS) is 23.3. The Kier molecular flexibility index (Phi) is 5.55. The highest BCUT2D eigenvalue weighted by Crippen LogP contribution is 2.31. The molecule has 7 heteroatoms. The number of ether oxygens (including phenoxy) is 2. The molecule has 0 spiro atoms. The number of quaternary nitrogens is 1. The van der Waals surface area contributed by atoms with Crippen molar-refractivity contribution in [2.75, 3.05) is 32.8 Å². The van der Waals surface area contributed by atoms with Gasteiger partial charge in [0.15, 0.2) is 18.0 Å². The minimum absolute atomic E-state index is 0.0670. The second-order valence-electron chi connectivity index (χ2n) is 8.04. The van der Waals surface area contributed by atoms with Crippen molar-refractivity contribution >= 4 is 27.5 Å². The van der Waals surface area contributed by atoms with Crippen molar-refractivity contribution < 1.29 is 19.2 Å². The minimum atomic E-state index is -0.157. The predicted molar refractivity (Wildman–Crippen MR) is 117 cm³/mol. The van der Waals surface area contributed by atoms with Gasteiger partial charge in [0.25, 0.3) is 5.91 Å². The first-order chi connectivity index (χ1) is 14.7. The van der Waals surface area contributed by atoms with Crippen LogP contribution in [-0.2, 0) is 4.79 Å². The summed E-state index contributed by atoms with van der Waals surface area (Å²) in [4.78, 5) is 18.7. The molecular formula is C23H26N3O3S+. The van der Waals surface area contributed by atoms with Crippen LogP contribution in [0.5, 0.6) is 11.5 Å². The van der Waals surface area contributed by atoms with Crippen molar-refractivity contribution in [2.45, 2.75) is 24.9 Å². The van der Waals surface area contributed by atoms with Crippen molar-refractivity contribution in [3.05, 3.63) is 53.5 Å². The van der Waals surface area contributed by atoms with E-state index in [1.807, 2.05) is 30.3 Å². The predicted octanol–water partition coefficient (Wildman–Crippen LogP) is 2.01. The van der Waals surface area contributed by atoms with Crippen LogP contribution in [0.3, 0.4) is 0 Å². The molecule has 3 atom stereocenters. The summed E-state index contributed by atoms with van der Waals surface area (Å²) >= 11 is 1.79. The lowest BCUT2D eigenvalue weighted by Gasteiger charge is -2.29. The number of thiazole rings is 1. The molecule has 30 heavy (non-hydrogen) atoms. The zero-order valence-corrected chi connectivity index (χ0v) is 17.6. The van der Waals surface area contributed by atoms with E-state index < -0.39 is 0 Å². The number of carbonyl (C=O) groups is 1. The fourth-order valence-electron chi connectivity index (χ4n) is 4.27. The molecular weight excluding hydrogens is 398 g/mol. The van der Waals surface area contributed by atoms with Crippen molar-refractivity contribution in [1.29, 1.82) is 0 Å². The van der Waals surface area contributed by atoms with Gasteiger partial charge in [0.05, 0.1) is 35.8 Å². The zero-order chi connectivity index (χ0) is 20.3. The summed E-state index contributed by atoms with van der Waals surface area (Å²) in [6.45, 7) is 3.40. The first-order valence-corrected chi connectivity index (χ1v) is 11.4. The van der Waals surface area contributed by atoms with Gasteiger partial charge < -0.3 is 19.7 Å². The van der Waals surface area contributed by atoms with Gasteiger partial charge in [-0.25, -0.2) is 4.98 Å². The number of hydrogen-bond acceptors (Lipinski definition) is 5. The van der Waals surface area contributed by atoms with E-state index in [9.17, 15) is 4.79 Å². The van der Waals surface area contributed by atoms with Crippen LogP contribution in [0.4, 0.5) is 0 Å². The van der Waals surface area contributed by atoms with Crippen LogP contribution < -0.4 is 19.7 Å². The molecule has 0 saturated carbocycles. The Morgan fingerprint density at radius 2 is 2.00 bits per heavy atom. The molecule has 2 aliphatic rings. The number of nitrogens with one attached hydrogen (secondary N) is 2. The number of aromatic nitrogens is 1. The standard InChI is InChI=1S/C23H25N3O3S/c27-22(24-12-17-15-28-19-8-2-3-9-20(19)29-17)14-26-11-5-6-16(13-26)23-25-18-7-1-4-10-21(18)30-23/h1-4,7-10,16-17H,5-6,11-15H2,(H,24,27)/p+1/t16-,17-/m1/s1. The van der Waals surface area contributed by atoms with Crippen LogP contribution in [-0.4, -0.2) is 49.8 Å². The summed E-state index contributed by atoms with van der Waals surface area (Å²) in [6, 6.07) is 15.9. The van der Waals surface area contributed by atoms with Gasteiger partial charge in [-0.1, -0.05) is 24.3 Å². The van der Waals surface area contributed by atoms with Gasteiger partial charge in [-0.15, -0.1) is 11.3 Å². The van der Waals surface area contributed by atoms with E-state index >= 15 is 0 Å². The van der Waals surface area contributed by atoms with E-state index in [1.54, 1.807) is 11.3 Å². The van der Waals surface area contributed by atoms with Gasteiger partial charge in [0.2, 0.25) is 0 Å². The molecule has 3 aromatic rings. The third kappa shape index (κ3) is 4.27. The van der Waals surface area contributed by atoms with E-state index in [0.717, 1.165) is 42.9 Å². The molecule has 5 rings (SSSR count). The minimum Gasteiger partial charge on any atom is -0.486 e. The maximum absolute atomic E-state index is 12.5. The molecule has 0 bridgehead atoms. The first-order valence-electron chi connectivity index (χ1n) is 10.6. The molecule has 3 heterocycles. The molecule has 0 aliphatic carbocycles. The van der Waals surface area contributed by atoms with Gasteiger partial charge >= 0.3 is 0 Å². The molecule has 0 radical (unpaired) electrons. The number of nitrogens with zero attached hydrogens (tertiary/aromatic N) is 1. The average molecular weight is 425 g/mol. The first kappa shape index (κ1) is 19.3. The van der Waals surface area contributed by atoms with E-state index in [2.05, 4.69) is 23.5 Å². The van der Waals surface area contributed by atoms with Gasteiger partial charge in [-0.05, 0) is 37.1 Å². The quantitative estimate of drug-likeness (QED) is 0.658. The third-order valence-electron chi connectivity index (χ3n) is 5.78. The van der Waals surface area contributed by atoms with Crippen molar-refractivity contribution in [2.24, 2.45) is 0 Å². The number of rotatable bonds is 5. The third-order valence-corrected chi connectivity index (χ3v) is 6.98. The molecule has 1 saturated heterocycles. The van der Waals surface area contributed by atoms with Gasteiger partial charge in [0.1, 0.15) is 17.7 Å². The Hall–Kier alpha value is -2.64. The summed E-state index contributed by atoms with van der Waals surface area (Å²) in [5.74, 6) is 2.00. The molecule has 1 amide bonds. The molecule has 1 aromatic heterocycles. The van der Waals surface area contributed by atoms with E-state index in [4.69, 9.17) is 14.5 Å². The summed E-state index contributed by atoms with van der Waals surface area (Å²) < 4.78 is 12.9. The smallest absolute Gasteiger partial charge is 0.275 e. The summed E-state index contributed by atoms with van der Waals surface area (Å²) in [5, 5.41) is 4.24. The van der Waals surface area contributed by atoms with Crippen LogP contribution in [0.2, 0.25) is 0 Å². The summed E-state index contributed by atoms with van der Waals surface area (Å²) in [6.07, 6.45) is 2.12. The maximum Gasteiger partial charge on any atom is 0.275 e. The highest BCUT2D eigenvalue weighted by molar-refractivity contribution is 7.18. The lowest BCUT2D eigenvalue weighted by atomic mass is 9.99. The second-order valence-corrected chi connectivity index (χ2v) is 9.10. The molecule has 1 fully saturated rings. The number of hydrogen-bond donors (Lipinski definition) is 2. The van der Waals surface area contributed by atoms with Crippen molar-refractivity contribution in [3.63, 3.8) is 0 Å². The van der Waals surface area contributed by atoms with Crippen LogP contribution >= 0.6 is 11.3 Å². The Labute approximate surface area is 179 Å². The number of fused-ring (bicyclic) bond motifs is 2. The van der Waals surface area contributed by atoms with E-state index in [0.29, 0.717) is 25.6 Å². The number of amides is 1. The average Bonchev–Trinajstić information content (AvgIpc) is 3.22. The van der Waals surface area contributed by atoms with Gasteiger partial charge in [0, 0.05) is 0 Å². The molecule has 2 aromatic carbocycles. The van der Waals surface area contributed by atoms with E-state index in [-0.39, 0.29) is 12.0 Å². The summed E-state index contributed by atoms with van der Waals surface area (Å²) in [7, 11) is 0. The fraction of sp³-hybridized carbons (Fsp3) is 0.391. The lowest BCUT2D eigenvalue weighted by Crippen LogP contribution is -3.14. The van der Waals surface area contributed by atoms with Gasteiger partial charge in [-0.3, -0.25) is 4.79 Å². The Morgan fingerprint density at radius 1 is 1.17 bits per heavy atom. The largest absolute Gasteiger partial charge is 0.486 e. The fourth-order valence-corrected chi connectivity index (χ4v) is 5.37. The number of piperidine rings is 1.